The number of nitrogens with one attached hydrogen (secondary N) is 1. The van der Waals surface area contributed by atoms with Gasteiger partial charge in [0.15, 0.2) is 0 Å². The molecular weight excluding hydrogens is 284 g/mol. The van der Waals surface area contributed by atoms with E-state index < -0.39 is 11.6 Å². The number of benzene rings is 1. The van der Waals surface area contributed by atoms with E-state index in [9.17, 15) is 8.78 Å². The molecule has 0 aliphatic carbocycles. The lowest BCUT2D eigenvalue weighted by Gasteiger charge is -2.17. The van der Waals surface area contributed by atoms with Crippen LogP contribution in [0.4, 0.5) is 8.78 Å². The van der Waals surface area contributed by atoms with Gasteiger partial charge in [-0.3, -0.25) is 4.68 Å². The second kappa shape index (κ2) is 5.89. The van der Waals surface area contributed by atoms with E-state index in [1.807, 2.05) is 6.92 Å². The lowest BCUT2D eigenvalue weighted by molar-refractivity contribution is 0.538. The van der Waals surface area contributed by atoms with Gasteiger partial charge in [-0.15, -0.1) is 0 Å². The summed E-state index contributed by atoms with van der Waals surface area (Å²) in [6, 6.07) is 3.26. The Morgan fingerprint density at radius 1 is 1.30 bits per heavy atom. The first kappa shape index (κ1) is 14.9. The molecule has 0 saturated heterocycles. The summed E-state index contributed by atoms with van der Waals surface area (Å²) in [4.78, 5) is 0. The number of halogens is 3. The van der Waals surface area contributed by atoms with Gasteiger partial charge in [0, 0.05) is 25.6 Å². The Bertz CT molecular complexity index is 605. The molecule has 1 aromatic heterocycles. The summed E-state index contributed by atoms with van der Waals surface area (Å²) < 4.78 is 28.3. The monoisotopic (exact) mass is 299 g/mol. The highest BCUT2D eigenvalue weighted by molar-refractivity contribution is 6.31. The van der Waals surface area contributed by atoms with Gasteiger partial charge in [0.2, 0.25) is 0 Å². The van der Waals surface area contributed by atoms with Gasteiger partial charge in [0.05, 0.1) is 16.4 Å². The second-order valence-electron chi connectivity index (χ2n) is 4.72. The van der Waals surface area contributed by atoms with Crippen LogP contribution in [0.2, 0.25) is 5.02 Å². The van der Waals surface area contributed by atoms with Gasteiger partial charge in [-0.1, -0.05) is 11.6 Å². The van der Waals surface area contributed by atoms with E-state index in [4.69, 9.17) is 11.6 Å². The molecule has 20 heavy (non-hydrogen) atoms. The van der Waals surface area contributed by atoms with Crippen LogP contribution in [0.1, 0.15) is 23.0 Å². The maximum atomic E-state index is 13.3. The van der Waals surface area contributed by atoms with Crippen LogP contribution in [0.25, 0.3) is 0 Å². The van der Waals surface area contributed by atoms with Gasteiger partial charge < -0.3 is 5.32 Å². The first-order valence-corrected chi connectivity index (χ1v) is 6.61. The van der Waals surface area contributed by atoms with Gasteiger partial charge in [-0.2, -0.15) is 5.10 Å². The summed E-state index contributed by atoms with van der Waals surface area (Å²) in [5, 5.41) is 7.88. The summed E-state index contributed by atoms with van der Waals surface area (Å²) in [5.41, 5.74) is 2.11. The molecule has 0 saturated carbocycles. The van der Waals surface area contributed by atoms with E-state index >= 15 is 0 Å². The number of nitrogens with zero attached hydrogens (tertiary/aromatic N) is 2. The Hall–Kier alpha value is -1.46. The average Bonchev–Trinajstić information content (AvgIpc) is 2.60. The Balaban J connectivity index is 2.33. The quantitative estimate of drug-likeness (QED) is 0.940. The molecule has 6 heteroatoms. The van der Waals surface area contributed by atoms with Gasteiger partial charge in [-0.05, 0) is 31.7 Å². The van der Waals surface area contributed by atoms with Crippen LogP contribution in [0.15, 0.2) is 18.2 Å². The fraction of sp³-hybridized carbons (Fsp3) is 0.357. The lowest BCUT2D eigenvalue weighted by Crippen LogP contribution is -2.20. The van der Waals surface area contributed by atoms with Crippen LogP contribution in [0, 0.1) is 18.6 Å². The molecule has 0 amide bonds. The highest BCUT2D eigenvalue weighted by Gasteiger charge is 2.18. The van der Waals surface area contributed by atoms with E-state index in [1.54, 1.807) is 18.8 Å². The molecule has 1 aromatic carbocycles. The third-order valence-corrected chi connectivity index (χ3v) is 3.79. The van der Waals surface area contributed by atoms with Crippen molar-refractivity contribution < 1.29 is 8.78 Å². The molecule has 0 aliphatic heterocycles. The number of aromatic nitrogens is 2. The summed E-state index contributed by atoms with van der Waals surface area (Å²) in [7, 11) is 3.54. The van der Waals surface area contributed by atoms with Crippen molar-refractivity contribution in [1.29, 1.82) is 0 Å². The van der Waals surface area contributed by atoms with Crippen LogP contribution in [-0.2, 0) is 13.5 Å². The normalized spacial score (nSPS) is 12.7. The second-order valence-corrected chi connectivity index (χ2v) is 5.10. The molecule has 2 rings (SSSR count). The fourth-order valence-corrected chi connectivity index (χ4v) is 2.50. The number of aryl methyl sites for hydroxylation is 2. The number of rotatable bonds is 4. The van der Waals surface area contributed by atoms with Crippen LogP contribution >= 0.6 is 11.6 Å². The molecule has 0 bridgehead atoms. The van der Waals surface area contributed by atoms with Crippen molar-refractivity contribution in [1.82, 2.24) is 15.1 Å². The summed E-state index contributed by atoms with van der Waals surface area (Å²) in [6.07, 6.45) is 0.496. The molecule has 0 spiro atoms. The standard InChI is InChI=1S/C14H16ClF2N3/c1-8-14(15)13(20(3)19-8)7-12(18-2)9-4-10(16)6-11(17)5-9/h4-6,12,18H,7H2,1-3H3. The van der Waals surface area contributed by atoms with Crippen molar-refractivity contribution in [2.45, 2.75) is 19.4 Å². The van der Waals surface area contributed by atoms with Gasteiger partial charge in [0.25, 0.3) is 0 Å². The molecule has 1 atom stereocenters. The van der Waals surface area contributed by atoms with Gasteiger partial charge in [0.1, 0.15) is 11.6 Å². The zero-order chi connectivity index (χ0) is 14.9. The van der Waals surface area contributed by atoms with Crippen molar-refractivity contribution in [3.05, 3.63) is 51.8 Å². The predicted molar refractivity (Wildman–Crippen MR) is 74.8 cm³/mol. The average molecular weight is 300 g/mol. The molecule has 2 aromatic rings. The third-order valence-electron chi connectivity index (χ3n) is 3.29. The van der Waals surface area contributed by atoms with Crippen LogP contribution in [0.5, 0.6) is 0 Å². The maximum absolute atomic E-state index is 13.3. The highest BCUT2D eigenvalue weighted by Crippen LogP contribution is 2.26. The Morgan fingerprint density at radius 3 is 2.35 bits per heavy atom. The van der Waals surface area contributed by atoms with Crippen LogP contribution in [0.3, 0.4) is 0 Å². The fourth-order valence-electron chi connectivity index (χ4n) is 2.26. The smallest absolute Gasteiger partial charge is 0.126 e. The minimum Gasteiger partial charge on any atom is -0.313 e. The SMILES string of the molecule is CNC(Cc1c(Cl)c(C)nn1C)c1cc(F)cc(F)c1. The van der Waals surface area contributed by atoms with E-state index in [0.717, 1.165) is 17.5 Å². The van der Waals surface area contributed by atoms with Crippen molar-refractivity contribution in [2.75, 3.05) is 7.05 Å². The molecule has 0 fully saturated rings. The predicted octanol–water partition coefficient (Wildman–Crippen LogP) is 3.16. The van der Waals surface area contributed by atoms with E-state index in [1.165, 1.54) is 12.1 Å². The Morgan fingerprint density at radius 2 is 1.90 bits per heavy atom. The maximum Gasteiger partial charge on any atom is 0.126 e. The Kier molecular flexibility index (Phi) is 4.40. The minimum atomic E-state index is -0.590. The molecule has 108 valence electrons. The Labute approximate surface area is 121 Å². The van der Waals surface area contributed by atoms with E-state index in [2.05, 4.69) is 10.4 Å². The topological polar surface area (TPSA) is 29.9 Å². The van der Waals surface area contributed by atoms with Crippen LogP contribution < -0.4 is 5.32 Å². The van der Waals surface area contributed by atoms with Crippen LogP contribution in [-0.4, -0.2) is 16.8 Å². The molecule has 1 unspecified atom stereocenters. The van der Waals surface area contributed by atoms with Crippen molar-refractivity contribution in [3.8, 4) is 0 Å². The summed E-state index contributed by atoms with van der Waals surface area (Å²) in [5.74, 6) is -1.18. The minimum absolute atomic E-state index is 0.243. The van der Waals surface area contributed by atoms with Gasteiger partial charge in [-0.25, -0.2) is 8.78 Å². The molecule has 1 N–H and O–H groups in total. The van der Waals surface area contributed by atoms with Crippen molar-refractivity contribution >= 4 is 11.6 Å². The van der Waals surface area contributed by atoms with Gasteiger partial charge >= 0.3 is 0 Å². The first-order valence-electron chi connectivity index (χ1n) is 6.23. The molecule has 0 radical (unpaired) electrons. The largest absolute Gasteiger partial charge is 0.313 e. The number of hydrogen-bond donors (Lipinski definition) is 1. The zero-order valence-corrected chi connectivity index (χ0v) is 12.3. The van der Waals surface area contributed by atoms with Crippen molar-refractivity contribution in [2.24, 2.45) is 7.05 Å². The third kappa shape index (κ3) is 2.99. The summed E-state index contributed by atoms with van der Waals surface area (Å²) in [6.45, 7) is 1.82. The first-order chi connectivity index (χ1) is 9.42. The van der Waals surface area contributed by atoms with E-state index in [0.29, 0.717) is 17.0 Å². The lowest BCUT2D eigenvalue weighted by atomic mass is 10.0. The van der Waals surface area contributed by atoms with Crippen molar-refractivity contribution in [3.63, 3.8) is 0 Å². The highest BCUT2D eigenvalue weighted by atomic mass is 35.5. The molecule has 1 heterocycles. The zero-order valence-electron chi connectivity index (χ0n) is 11.5. The molecule has 3 nitrogen and oxygen atoms in total. The number of likely N-dealkylation sites (N-methyl/N-ethyl adjacent to an activating group) is 1. The molecule has 0 aliphatic rings. The molecular formula is C14H16ClF2N3. The van der Waals surface area contributed by atoms with E-state index in [-0.39, 0.29) is 6.04 Å². The summed E-state index contributed by atoms with van der Waals surface area (Å²) >= 11 is 6.21. The number of hydrogen-bond acceptors (Lipinski definition) is 2.